The standard InChI is InChI=1S/C39H43NO3Si/c1-4-5-24-36(44(2,3)35-25-16-9-17-26-35)29-38(42)40-34(27-28-37(40)41)30-43-39(31-18-10-6-11-19-31,32-20-12-7-13-21-32)33-22-14-8-15-23-33/h4,6-23,25-26,34,36H,1,5,24,27-30H2,2-3H3/t34-,36-/m0/s1. The third-order valence-corrected chi connectivity index (χ3v) is 13.7. The van der Waals surface area contributed by atoms with E-state index in [-0.39, 0.29) is 30.0 Å². The number of hydrogen-bond acceptors (Lipinski definition) is 3. The molecule has 2 amide bonds. The maximum atomic E-state index is 14.1. The maximum absolute atomic E-state index is 14.1. The largest absolute Gasteiger partial charge is 0.359 e. The van der Waals surface area contributed by atoms with Gasteiger partial charge in [0.1, 0.15) is 5.60 Å². The van der Waals surface area contributed by atoms with Crippen LogP contribution in [0.4, 0.5) is 0 Å². The van der Waals surface area contributed by atoms with Gasteiger partial charge in [0.25, 0.3) is 0 Å². The van der Waals surface area contributed by atoms with Gasteiger partial charge in [0, 0.05) is 12.8 Å². The number of likely N-dealkylation sites (tertiary alicyclic amines) is 1. The number of nitrogens with zero attached hydrogens (tertiary/aromatic N) is 1. The molecule has 1 aliphatic heterocycles. The average molecular weight is 602 g/mol. The highest BCUT2D eigenvalue weighted by Gasteiger charge is 2.43. The third kappa shape index (κ3) is 6.54. The van der Waals surface area contributed by atoms with Crippen molar-refractivity contribution >= 4 is 25.1 Å². The normalized spacial score (nSPS) is 16.1. The highest BCUT2D eigenvalue weighted by atomic mass is 28.3. The molecule has 5 heteroatoms. The predicted octanol–water partition coefficient (Wildman–Crippen LogP) is 7.85. The van der Waals surface area contributed by atoms with Gasteiger partial charge in [-0.3, -0.25) is 14.5 Å². The van der Waals surface area contributed by atoms with Crippen LogP contribution < -0.4 is 5.19 Å². The Kier molecular flexibility index (Phi) is 10.1. The molecule has 4 aromatic rings. The number of rotatable bonds is 13. The van der Waals surface area contributed by atoms with Crippen molar-refractivity contribution in [3.63, 3.8) is 0 Å². The average Bonchev–Trinajstić information content (AvgIpc) is 3.45. The molecular formula is C39H43NO3Si. The molecule has 0 N–H and O–H groups in total. The molecule has 44 heavy (non-hydrogen) atoms. The van der Waals surface area contributed by atoms with Crippen LogP contribution in [0.1, 0.15) is 48.8 Å². The zero-order valence-corrected chi connectivity index (χ0v) is 26.9. The third-order valence-electron chi connectivity index (χ3n) is 9.31. The van der Waals surface area contributed by atoms with Crippen LogP contribution in [0.15, 0.2) is 134 Å². The van der Waals surface area contributed by atoms with Crippen LogP contribution in [0.2, 0.25) is 18.6 Å². The Morgan fingerprint density at radius 1 is 0.864 bits per heavy atom. The summed E-state index contributed by atoms with van der Waals surface area (Å²) in [6.07, 6.45) is 4.95. The Morgan fingerprint density at radius 3 is 1.82 bits per heavy atom. The molecule has 4 aromatic carbocycles. The number of ether oxygens (including phenoxy) is 1. The fraction of sp³-hybridized carbons (Fsp3) is 0.282. The molecule has 226 valence electrons. The Balaban J connectivity index is 1.45. The maximum Gasteiger partial charge on any atom is 0.229 e. The molecule has 0 radical (unpaired) electrons. The Bertz CT molecular complexity index is 1430. The Labute approximate surface area is 263 Å². The molecule has 0 bridgehead atoms. The number of benzene rings is 4. The fourth-order valence-corrected chi connectivity index (χ4v) is 9.78. The summed E-state index contributed by atoms with van der Waals surface area (Å²) in [5.74, 6) is -0.189. The summed E-state index contributed by atoms with van der Waals surface area (Å²) in [7, 11) is -2.02. The van der Waals surface area contributed by atoms with Gasteiger partial charge in [0.05, 0.1) is 20.7 Å². The van der Waals surface area contributed by atoms with Crippen molar-refractivity contribution in [3.05, 3.63) is 151 Å². The van der Waals surface area contributed by atoms with Crippen molar-refractivity contribution in [2.75, 3.05) is 6.61 Å². The van der Waals surface area contributed by atoms with Crippen LogP contribution in [0.3, 0.4) is 0 Å². The molecule has 1 aliphatic rings. The summed E-state index contributed by atoms with van der Waals surface area (Å²) < 4.78 is 7.06. The minimum atomic E-state index is -2.02. The first-order chi connectivity index (χ1) is 21.4. The Morgan fingerprint density at radius 2 is 1.34 bits per heavy atom. The second-order valence-electron chi connectivity index (χ2n) is 12.3. The van der Waals surface area contributed by atoms with Crippen LogP contribution in [-0.2, 0) is 19.9 Å². The smallest absolute Gasteiger partial charge is 0.229 e. The minimum Gasteiger partial charge on any atom is -0.359 e. The van der Waals surface area contributed by atoms with Gasteiger partial charge in [0.15, 0.2) is 0 Å². The number of hydrogen-bond donors (Lipinski definition) is 0. The van der Waals surface area contributed by atoms with E-state index in [1.165, 1.54) is 10.1 Å². The molecule has 1 heterocycles. The lowest BCUT2D eigenvalue weighted by Crippen LogP contribution is -2.49. The topological polar surface area (TPSA) is 46.6 Å². The summed E-state index contributed by atoms with van der Waals surface area (Å²) in [4.78, 5) is 28.9. The van der Waals surface area contributed by atoms with Crippen LogP contribution in [0, 0.1) is 0 Å². The number of imide groups is 1. The van der Waals surface area contributed by atoms with Crippen LogP contribution in [-0.4, -0.2) is 37.4 Å². The number of allylic oxidation sites excluding steroid dienone is 1. The number of carbonyl (C=O) groups is 2. The summed E-state index contributed by atoms with van der Waals surface area (Å²) >= 11 is 0. The van der Waals surface area contributed by atoms with Gasteiger partial charge in [-0.1, -0.05) is 146 Å². The molecule has 0 aliphatic carbocycles. The van der Waals surface area contributed by atoms with Gasteiger partial charge in [-0.15, -0.1) is 6.58 Å². The van der Waals surface area contributed by atoms with E-state index < -0.39 is 13.7 Å². The van der Waals surface area contributed by atoms with E-state index in [4.69, 9.17) is 4.74 Å². The molecular weight excluding hydrogens is 559 g/mol. The minimum absolute atomic E-state index is 0.0867. The van der Waals surface area contributed by atoms with Gasteiger partial charge in [-0.2, -0.15) is 0 Å². The second kappa shape index (κ2) is 14.1. The molecule has 0 unspecified atom stereocenters. The Hall–Kier alpha value is -4.06. The van der Waals surface area contributed by atoms with Crippen LogP contribution in [0.5, 0.6) is 0 Å². The SMILES string of the molecule is C=CCC[C@@H](CC(=O)N1C(=O)CC[C@H]1COC(c1ccccc1)(c1ccccc1)c1ccccc1)[Si](C)(C)c1ccccc1. The van der Waals surface area contributed by atoms with E-state index in [0.29, 0.717) is 19.3 Å². The van der Waals surface area contributed by atoms with Crippen molar-refractivity contribution in [1.29, 1.82) is 0 Å². The summed E-state index contributed by atoms with van der Waals surface area (Å²) in [6.45, 7) is 8.86. The first kappa shape index (κ1) is 31.4. The summed E-state index contributed by atoms with van der Waals surface area (Å²) in [5, 5.41) is 1.33. The first-order valence-electron chi connectivity index (χ1n) is 15.7. The molecule has 2 atom stereocenters. The lowest BCUT2D eigenvalue weighted by molar-refractivity contribution is -0.146. The van der Waals surface area contributed by atoms with Gasteiger partial charge >= 0.3 is 0 Å². The van der Waals surface area contributed by atoms with E-state index in [1.807, 2.05) is 66.7 Å². The van der Waals surface area contributed by atoms with Gasteiger partial charge in [-0.05, 0) is 41.5 Å². The van der Waals surface area contributed by atoms with E-state index in [9.17, 15) is 9.59 Å². The highest BCUT2D eigenvalue weighted by molar-refractivity contribution is 6.91. The van der Waals surface area contributed by atoms with Crippen LogP contribution >= 0.6 is 0 Å². The van der Waals surface area contributed by atoms with E-state index in [1.54, 1.807) is 0 Å². The summed E-state index contributed by atoms with van der Waals surface area (Å²) in [5.41, 5.74) is 2.28. The molecule has 4 nitrogen and oxygen atoms in total. The molecule has 1 saturated heterocycles. The van der Waals surface area contributed by atoms with Crippen LogP contribution in [0.25, 0.3) is 0 Å². The number of amides is 2. The molecule has 5 rings (SSSR count). The van der Waals surface area contributed by atoms with Gasteiger partial charge in [0.2, 0.25) is 11.8 Å². The van der Waals surface area contributed by atoms with Gasteiger partial charge in [-0.25, -0.2) is 0 Å². The lowest BCUT2D eigenvalue weighted by atomic mass is 9.80. The zero-order chi connectivity index (χ0) is 31.0. The molecule has 0 aromatic heterocycles. The predicted molar refractivity (Wildman–Crippen MR) is 181 cm³/mol. The first-order valence-corrected chi connectivity index (χ1v) is 18.8. The van der Waals surface area contributed by atoms with Gasteiger partial charge < -0.3 is 4.74 Å². The van der Waals surface area contributed by atoms with E-state index in [0.717, 1.165) is 29.5 Å². The summed E-state index contributed by atoms with van der Waals surface area (Å²) in [6, 6.07) is 40.9. The molecule has 0 spiro atoms. The van der Waals surface area contributed by atoms with Crippen molar-refractivity contribution in [2.45, 2.75) is 62.4 Å². The molecule has 0 saturated carbocycles. The lowest BCUT2D eigenvalue weighted by Gasteiger charge is -2.38. The second-order valence-corrected chi connectivity index (χ2v) is 17.1. The number of carbonyl (C=O) groups excluding carboxylic acids is 2. The molecule has 1 fully saturated rings. The quantitative estimate of drug-likeness (QED) is 0.0891. The van der Waals surface area contributed by atoms with E-state index in [2.05, 4.69) is 80.3 Å². The fourth-order valence-electron chi connectivity index (χ4n) is 6.68. The van der Waals surface area contributed by atoms with Crippen molar-refractivity contribution in [2.24, 2.45) is 0 Å². The highest BCUT2D eigenvalue weighted by Crippen LogP contribution is 2.41. The van der Waals surface area contributed by atoms with E-state index >= 15 is 0 Å². The zero-order valence-electron chi connectivity index (χ0n) is 25.9. The monoisotopic (exact) mass is 601 g/mol. The van der Waals surface area contributed by atoms with Crippen molar-refractivity contribution in [1.82, 2.24) is 4.90 Å². The van der Waals surface area contributed by atoms with Crippen molar-refractivity contribution < 1.29 is 14.3 Å². The van der Waals surface area contributed by atoms with Crippen molar-refractivity contribution in [3.8, 4) is 0 Å².